The fourth-order valence-corrected chi connectivity index (χ4v) is 3.19. The van der Waals surface area contributed by atoms with Gasteiger partial charge in [-0.1, -0.05) is 0 Å². The van der Waals surface area contributed by atoms with Crippen LogP contribution in [-0.2, 0) is 21.8 Å². The van der Waals surface area contributed by atoms with Crippen molar-refractivity contribution in [2.75, 3.05) is 32.5 Å². The lowest BCUT2D eigenvalue weighted by Crippen LogP contribution is -2.42. The fraction of sp³-hybridized carbons (Fsp3) is 0.611. The van der Waals surface area contributed by atoms with Crippen molar-refractivity contribution in [2.24, 2.45) is 0 Å². The summed E-state index contributed by atoms with van der Waals surface area (Å²) in [7, 11) is 3.72. The van der Waals surface area contributed by atoms with Crippen LogP contribution in [0, 0.1) is 0 Å². The zero-order valence-corrected chi connectivity index (χ0v) is 17.6. The first-order chi connectivity index (χ1) is 13.6. The molecule has 170 valence electrons. The molecule has 12 heteroatoms. The highest BCUT2D eigenvalue weighted by Crippen LogP contribution is 2.37. The summed E-state index contributed by atoms with van der Waals surface area (Å²) in [4.78, 5) is 1.90. The number of nitrogens with zero attached hydrogens (tertiary/aromatic N) is 1. The number of nitrogens with one attached hydrogen (secondary N) is 2. The van der Waals surface area contributed by atoms with Crippen LogP contribution in [0.2, 0.25) is 0 Å². The molecular formula is C18H23F6N3O2S. The average molecular weight is 459 g/mol. The first-order valence-corrected chi connectivity index (χ1v) is 9.32. The van der Waals surface area contributed by atoms with Crippen molar-refractivity contribution in [1.82, 2.24) is 10.2 Å². The van der Waals surface area contributed by atoms with Gasteiger partial charge in [-0.15, -0.1) is 0 Å². The van der Waals surface area contributed by atoms with Crippen LogP contribution in [0.1, 0.15) is 25.0 Å². The number of rotatable bonds is 5. The molecule has 1 saturated heterocycles. The van der Waals surface area contributed by atoms with E-state index in [1.807, 2.05) is 19.0 Å². The first-order valence-electron chi connectivity index (χ1n) is 8.91. The van der Waals surface area contributed by atoms with Crippen molar-refractivity contribution < 1.29 is 35.8 Å². The Hall–Kier alpha value is -1.63. The molecule has 1 aliphatic rings. The fourth-order valence-electron chi connectivity index (χ4n) is 2.99. The monoisotopic (exact) mass is 459 g/mol. The Morgan fingerprint density at radius 2 is 1.50 bits per heavy atom. The van der Waals surface area contributed by atoms with E-state index in [0.29, 0.717) is 18.7 Å². The van der Waals surface area contributed by atoms with E-state index >= 15 is 0 Å². The van der Waals surface area contributed by atoms with Crippen LogP contribution in [0.15, 0.2) is 18.2 Å². The minimum absolute atomic E-state index is 0.0549. The Morgan fingerprint density at radius 1 is 1.00 bits per heavy atom. The second-order valence-corrected chi connectivity index (χ2v) is 8.01. The van der Waals surface area contributed by atoms with Gasteiger partial charge in [0, 0.05) is 18.8 Å². The minimum Gasteiger partial charge on any atom is -0.360 e. The van der Waals surface area contributed by atoms with Crippen LogP contribution in [0.3, 0.4) is 0 Å². The van der Waals surface area contributed by atoms with Gasteiger partial charge in [0.25, 0.3) is 0 Å². The first kappa shape index (κ1) is 24.6. The molecule has 1 aliphatic heterocycles. The molecule has 0 bridgehead atoms. The number of halogens is 6. The highest BCUT2D eigenvalue weighted by molar-refractivity contribution is 7.80. The van der Waals surface area contributed by atoms with E-state index in [1.165, 1.54) is 0 Å². The molecule has 1 fully saturated rings. The lowest BCUT2D eigenvalue weighted by molar-refractivity contribution is -0.146. The number of ether oxygens (including phenoxy) is 2. The third-order valence-corrected chi connectivity index (χ3v) is 4.39. The molecular weight excluding hydrogens is 436 g/mol. The van der Waals surface area contributed by atoms with Gasteiger partial charge in [0.2, 0.25) is 0 Å². The summed E-state index contributed by atoms with van der Waals surface area (Å²) in [6.07, 6.45) is -10.6. The van der Waals surface area contributed by atoms with E-state index in [4.69, 9.17) is 21.7 Å². The van der Waals surface area contributed by atoms with Gasteiger partial charge < -0.3 is 25.0 Å². The van der Waals surface area contributed by atoms with Crippen LogP contribution in [0.25, 0.3) is 0 Å². The normalized spacial score (nSPS) is 21.7. The Labute approximate surface area is 175 Å². The van der Waals surface area contributed by atoms with Crippen molar-refractivity contribution in [3.05, 3.63) is 29.3 Å². The molecule has 2 N–H and O–H groups in total. The van der Waals surface area contributed by atoms with Crippen LogP contribution >= 0.6 is 12.2 Å². The van der Waals surface area contributed by atoms with Crippen LogP contribution < -0.4 is 10.6 Å². The predicted octanol–water partition coefficient (Wildman–Crippen LogP) is 4.09. The maximum atomic E-state index is 13.0. The van der Waals surface area contributed by atoms with Crippen molar-refractivity contribution in [3.63, 3.8) is 0 Å². The highest BCUT2D eigenvalue weighted by atomic mass is 32.1. The zero-order chi connectivity index (χ0) is 22.9. The van der Waals surface area contributed by atoms with Gasteiger partial charge in [-0.3, -0.25) is 0 Å². The SMILES string of the molecule is CN(C)C[C@@H]1OC(C)(C)O[C@H]1CNC(=S)Nc1cc(C(F)(F)F)cc(C(F)(F)F)c1. The van der Waals surface area contributed by atoms with E-state index in [-0.39, 0.29) is 23.8 Å². The summed E-state index contributed by atoms with van der Waals surface area (Å²) in [5, 5.41) is 5.01. The minimum atomic E-state index is -4.94. The number of thiocarbonyl (C=S) groups is 1. The number of anilines is 1. The van der Waals surface area contributed by atoms with E-state index in [0.717, 1.165) is 0 Å². The predicted molar refractivity (Wildman–Crippen MR) is 103 cm³/mol. The smallest absolute Gasteiger partial charge is 0.360 e. The maximum Gasteiger partial charge on any atom is 0.416 e. The van der Waals surface area contributed by atoms with E-state index in [9.17, 15) is 26.3 Å². The third kappa shape index (κ3) is 6.96. The van der Waals surface area contributed by atoms with Gasteiger partial charge in [-0.25, -0.2) is 0 Å². The van der Waals surface area contributed by atoms with E-state index in [2.05, 4.69) is 10.6 Å². The molecule has 0 radical (unpaired) electrons. The molecule has 5 nitrogen and oxygen atoms in total. The number of alkyl halides is 6. The van der Waals surface area contributed by atoms with Gasteiger partial charge in [-0.2, -0.15) is 26.3 Å². The summed E-state index contributed by atoms with van der Waals surface area (Å²) >= 11 is 5.04. The van der Waals surface area contributed by atoms with E-state index < -0.39 is 41.1 Å². The summed E-state index contributed by atoms with van der Waals surface area (Å²) in [5.74, 6) is -0.829. The molecule has 0 amide bonds. The molecule has 30 heavy (non-hydrogen) atoms. The van der Waals surface area contributed by atoms with Crippen LogP contribution in [0.4, 0.5) is 32.0 Å². The molecule has 0 aromatic heterocycles. The lowest BCUT2D eigenvalue weighted by Gasteiger charge is -2.21. The van der Waals surface area contributed by atoms with Gasteiger partial charge in [-0.05, 0) is 58.4 Å². The summed E-state index contributed by atoms with van der Waals surface area (Å²) in [6.45, 7) is 4.19. The second-order valence-electron chi connectivity index (χ2n) is 7.60. The Morgan fingerprint density at radius 3 is 1.97 bits per heavy atom. The number of hydrogen-bond donors (Lipinski definition) is 2. The second kappa shape index (κ2) is 8.85. The Kier molecular flexibility index (Phi) is 7.27. The van der Waals surface area contributed by atoms with Gasteiger partial charge in [0.05, 0.1) is 11.1 Å². The number of hydrogen-bond acceptors (Lipinski definition) is 4. The topological polar surface area (TPSA) is 45.8 Å². The number of benzene rings is 1. The highest BCUT2D eigenvalue weighted by Gasteiger charge is 2.41. The van der Waals surface area contributed by atoms with E-state index in [1.54, 1.807) is 13.8 Å². The maximum absolute atomic E-state index is 13.0. The van der Waals surface area contributed by atoms with Crippen molar-refractivity contribution in [1.29, 1.82) is 0 Å². The zero-order valence-electron chi connectivity index (χ0n) is 16.7. The molecule has 0 saturated carbocycles. The van der Waals surface area contributed by atoms with Crippen molar-refractivity contribution >= 4 is 23.0 Å². The van der Waals surface area contributed by atoms with Crippen LogP contribution in [-0.4, -0.2) is 55.2 Å². The molecule has 2 rings (SSSR count). The molecule has 0 spiro atoms. The molecule has 1 aromatic carbocycles. The quantitative estimate of drug-likeness (QED) is 0.511. The average Bonchev–Trinajstić information content (AvgIpc) is 2.84. The van der Waals surface area contributed by atoms with Crippen molar-refractivity contribution in [3.8, 4) is 0 Å². The van der Waals surface area contributed by atoms with Crippen LogP contribution in [0.5, 0.6) is 0 Å². The van der Waals surface area contributed by atoms with Gasteiger partial charge >= 0.3 is 12.4 Å². The largest absolute Gasteiger partial charge is 0.416 e. The molecule has 0 unspecified atom stereocenters. The molecule has 1 aromatic rings. The standard InChI is InChI=1S/C18H23F6N3O2S/c1-16(2)28-13(14(29-16)9-27(3)4)8-25-15(30)26-12-6-10(17(19,20)21)5-11(7-12)18(22,23)24/h5-7,13-14H,8-9H2,1-4H3,(H2,25,26,30)/t13-,14-/m0/s1. The molecule has 0 aliphatic carbocycles. The molecule has 2 atom stereocenters. The summed E-state index contributed by atoms with van der Waals surface area (Å²) < 4.78 is 89.4. The summed E-state index contributed by atoms with van der Waals surface area (Å²) in [6, 6.07) is 1.19. The molecule has 1 heterocycles. The van der Waals surface area contributed by atoms with Gasteiger partial charge in [0.1, 0.15) is 12.2 Å². The Balaban J connectivity index is 2.09. The number of likely N-dealkylation sites (N-methyl/N-ethyl adjacent to an activating group) is 1. The van der Waals surface area contributed by atoms with Gasteiger partial charge in [0.15, 0.2) is 10.9 Å². The summed E-state index contributed by atoms with van der Waals surface area (Å²) in [5.41, 5.74) is -3.28. The third-order valence-electron chi connectivity index (χ3n) is 4.14. The Bertz CT molecular complexity index is 735. The van der Waals surface area contributed by atoms with Crippen molar-refractivity contribution in [2.45, 2.75) is 44.2 Å². The lowest BCUT2D eigenvalue weighted by atomic mass is 10.1.